The summed E-state index contributed by atoms with van der Waals surface area (Å²) in [6.07, 6.45) is 5.37. The normalized spacial score (nSPS) is 20.5. The van der Waals surface area contributed by atoms with Gasteiger partial charge in [0.25, 0.3) is 0 Å². The highest BCUT2D eigenvalue weighted by Crippen LogP contribution is 2.41. The molecular formula is C69H67Cl2F3N14O9S3. The number of hydrogen-bond acceptors (Lipinski definition) is 21. The molecule has 14 rings (SSSR count). The second-order valence-electron chi connectivity index (χ2n) is 24.9. The third kappa shape index (κ3) is 14.7. The van der Waals surface area contributed by atoms with E-state index in [1.807, 2.05) is 50.2 Å². The van der Waals surface area contributed by atoms with Crippen molar-refractivity contribution in [3.05, 3.63) is 184 Å². The van der Waals surface area contributed by atoms with Gasteiger partial charge in [-0.3, -0.25) is 34.4 Å². The summed E-state index contributed by atoms with van der Waals surface area (Å²) >= 11 is 17.2. The Morgan fingerprint density at radius 2 is 1.21 bits per heavy atom. The Labute approximate surface area is 594 Å². The number of aromatic nitrogens is 3. The number of carbonyl (C=O) groups is 6. The maximum Gasteiger partial charge on any atom is 0.338 e. The third-order valence-electron chi connectivity index (χ3n) is 18.6. The van der Waals surface area contributed by atoms with Crippen LogP contribution in [0.5, 0.6) is 0 Å². The number of nitrogens with zero attached hydrogens (tertiary/aromatic N) is 12. The highest BCUT2D eigenvalue weighted by molar-refractivity contribution is 7.14. The maximum absolute atomic E-state index is 15.4. The summed E-state index contributed by atoms with van der Waals surface area (Å²) in [7, 11) is 2.59. The first-order valence-electron chi connectivity index (χ1n) is 32.2. The smallest absolute Gasteiger partial charge is 0.338 e. The summed E-state index contributed by atoms with van der Waals surface area (Å²) in [6.45, 7) is 6.93. The molecule has 520 valence electrons. The summed E-state index contributed by atoms with van der Waals surface area (Å²) in [5.74, 6) is -2.86. The van der Waals surface area contributed by atoms with E-state index in [0.29, 0.717) is 158 Å². The summed E-state index contributed by atoms with van der Waals surface area (Å²) in [4.78, 5) is 113. The molecule has 3 aromatic heterocycles. The number of aryl methyl sites for hydroxylation is 1. The minimum atomic E-state index is -0.892. The average Bonchev–Trinajstić information content (AvgIpc) is 1.23. The van der Waals surface area contributed by atoms with Gasteiger partial charge in [0.1, 0.15) is 35.3 Å². The van der Waals surface area contributed by atoms with Crippen molar-refractivity contribution in [1.82, 2.24) is 45.2 Å². The van der Waals surface area contributed by atoms with Crippen molar-refractivity contribution in [2.75, 3.05) is 107 Å². The van der Waals surface area contributed by atoms with Gasteiger partial charge in [-0.15, -0.1) is 34.0 Å². The molecule has 7 aromatic rings. The van der Waals surface area contributed by atoms with Gasteiger partial charge in [-0.05, 0) is 80.3 Å². The van der Waals surface area contributed by atoms with Crippen LogP contribution in [0.3, 0.4) is 0 Å². The first kappa shape index (κ1) is 69.4. The average molecular weight is 1460 g/mol. The fraction of sp³-hybridized carbons (Fsp3) is 0.348. The molecule has 31 heteroatoms. The number of anilines is 3. The van der Waals surface area contributed by atoms with Crippen LogP contribution in [0, 0.1) is 23.4 Å². The van der Waals surface area contributed by atoms with Gasteiger partial charge in [-0.25, -0.2) is 47.3 Å². The molecule has 7 aliphatic heterocycles. The van der Waals surface area contributed by atoms with E-state index in [1.54, 1.807) is 46.1 Å². The van der Waals surface area contributed by atoms with Crippen LogP contribution in [0.2, 0.25) is 10.0 Å². The molecule has 0 bridgehead atoms. The highest BCUT2D eigenvalue weighted by atomic mass is 35.5. The highest BCUT2D eigenvalue weighted by Gasteiger charge is 2.45. The quantitative estimate of drug-likeness (QED) is 0.0676. The molecule has 0 saturated carbocycles. The Balaban J connectivity index is 0.000000179. The monoisotopic (exact) mass is 1460 g/mol. The molecule has 10 heterocycles. The number of hydrogen-bond donors (Lipinski definition) is 3. The number of thiazole rings is 3. The van der Waals surface area contributed by atoms with Crippen molar-refractivity contribution >= 4 is 121 Å². The third-order valence-corrected chi connectivity index (χ3v) is 21.7. The number of carboxylic acids is 1. The maximum atomic E-state index is 15.4. The molecule has 3 N–H and O–H groups in total. The number of piperidine rings is 1. The van der Waals surface area contributed by atoms with E-state index in [1.165, 1.54) is 90.7 Å². The number of fused-ring (bicyclic) bond motifs is 2. The number of aliphatic carboxylic acids is 1. The van der Waals surface area contributed by atoms with Crippen molar-refractivity contribution in [2.45, 2.75) is 56.8 Å². The molecule has 0 radical (unpaired) electrons. The minimum absolute atomic E-state index is 0.0831. The lowest BCUT2D eigenvalue weighted by Crippen LogP contribution is -2.53. The molecule has 4 aromatic carbocycles. The van der Waals surface area contributed by atoms with Gasteiger partial charge in [0, 0.05) is 151 Å². The fourth-order valence-corrected chi connectivity index (χ4v) is 16.2. The predicted molar refractivity (Wildman–Crippen MR) is 375 cm³/mol. The molecule has 100 heavy (non-hydrogen) atoms. The second kappa shape index (κ2) is 30.0. The second-order valence-corrected chi connectivity index (χ2v) is 28.3. The number of ketones is 1. The van der Waals surface area contributed by atoms with Crippen LogP contribution in [0.25, 0.3) is 11.3 Å². The summed E-state index contributed by atoms with van der Waals surface area (Å²) in [5, 5.41) is 23.7. The van der Waals surface area contributed by atoms with Crippen molar-refractivity contribution in [3.8, 4) is 11.3 Å². The van der Waals surface area contributed by atoms with Gasteiger partial charge in [-0.2, -0.15) is 0 Å². The number of nitrogens with one attached hydrogen (secondary N) is 2. The number of benzene rings is 4. The van der Waals surface area contributed by atoms with Crippen molar-refractivity contribution < 1.29 is 56.5 Å². The number of halogens is 5. The number of Topliss-reactive ketones (excluding diaryl/α,β-unsaturated/α-hetero) is 1. The van der Waals surface area contributed by atoms with E-state index >= 15 is 4.39 Å². The Morgan fingerprint density at radius 3 is 1.71 bits per heavy atom. The number of ether oxygens (including phenoxy) is 2. The number of amides is 4. The van der Waals surface area contributed by atoms with Gasteiger partial charge < -0.3 is 44.7 Å². The van der Waals surface area contributed by atoms with Crippen molar-refractivity contribution in [1.29, 1.82) is 0 Å². The molecule has 0 unspecified atom stereocenters. The van der Waals surface area contributed by atoms with E-state index in [2.05, 4.69) is 30.4 Å². The van der Waals surface area contributed by atoms with E-state index in [-0.39, 0.29) is 57.7 Å². The molecule has 4 amide bonds. The molecule has 23 nitrogen and oxygen atoms in total. The van der Waals surface area contributed by atoms with Crippen LogP contribution >= 0.6 is 57.2 Å². The lowest BCUT2D eigenvalue weighted by molar-refractivity contribution is -0.142. The van der Waals surface area contributed by atoms with Crippen LogP contribution in [-0.2, 0) is 35.1 Å². The fourth-order valence-electron chi connectivity index (χ4n) is 13.6. The molecule has 5 saturated heterocycles. The van der Waals surface area contributed by atoms with E-state index < -0.39 is 53.4 Å². The van der Waals surface area contributed by atoms with Crippen molar-refractivity contribution in [3.63, 3.8) is 0 Å². The van der Waals surface area contributed by atoms with Gasteiger partial charge >= 0.3 is 30.0 Å². The predicted octanol–water partition coefficient (Wildman–Crippen LogP) is 10.2. The standard InChI is InChI=1S/C35H33ClFN7O4S2.C34H34ClF2N7O5S/c1-20(45)6-7-21-4-3-5-22(14-21)28-19-50-34(40-28)44-17-24-16-42(11-12-43(24)35(44)47)18-27-29(33(46)48-2)30(25-9-8-23(37)15-26(25)36)41-31(39-27)32-38-10-13-49-32;1-49-33(47)28-26(39-30(31-38-8-13-50-31)40-29(28)23-4-2-20(36)14-24(23)35)18-41-11-12-43-22(16-41)17-44(34(43)48)21-3-5-27(25(37)15-21)42-9-6-19(7-10-42)32(45)46/h3-5,8-10,13-15,19,24,30H,6-7,11-12,16-18H2,1-2H3,(H,39,41);2-5,8,13-15,19,22,29H,6-7,9-12,16-18H2,1H3,(H,39,40)(H,45,46)/t24-,30-;22-,29-/m00/s1. The Morgan fingerprint density at radius 1 is 0.660 bits per heavy atom. The van der Waals surface area contributed by atoms with Crippen molar-refractivity contribution in [2.24, 2.45) is 15.9 Å². The number of rotatable bonds is 18. The Bertz CT molecular complexity index is 4460. The molecule has 4 atom stereocenters. The Hall–Kier alpha value is -9.10. The topological polar surface area (TPSA) is 251 Å². The molecule has 0 spiro atoms. The molecular weight excluding hydrogens is 1390 g/mol. The van der Waals surface area contributed by atoms with Gasteiger partial charge in [0.2, 0.25) is 0 Å². The first-order chi connectivity index (χ1) is 48.3. The number of urea groups is 2. The largest absolute Gasteiger partial charge is 0.481 e. The van der Waals surface area contributed by atoms with E-state index in [9.17, 15) is 42.7 Å². The van der Waals surface area contributed by atoms with Gasteiger partial charge in [0.15, 0.2) is 26.8 Å². The first-order valence-corrected chi connectivity index (χ1v) is 35.6. The number of methoxy groups -OCH3 is 2. The molecule has 5 fully saturated rings. The zero-order valence-electron chi connectivity index (χ0n) is 54.3. The van der Waals surface area contributed by atoms with Gasteiger partial charge in [-0.1, -0.05) is 53.5 Å². The molecule has 0 aliphatic carbocycles. The summed E-state index contributed by atoms with van der Waals surface area (Å²) in [6, 6.07) is 18.4. The summed E-state index contributed by atoms with van der Waals surface area (Å²) < 4.78 is 53.9. The SMILES string of the molecule is COC(=O)C1=C(CN2CCN3C(=O)N(c4ccc(N5CCC(C(=O)O)CC5)c(F)c4)C[C@@H]3C2)NC(c2nccs2)=N[C@H]1c1ccc(F)cc1Cl.COC(=O)C1=C(CN2CCN3C(=O)N(c4nc(-c5cccc(CCC(C)=O)c5)cs4)C[C@@H]3C2)NC(c2nccs2)=N[C@H]1c1ccc(F)cc1Cl. The summed E-state index contributed by atoms with van der Waals surface area (Å²) in [5.41, 5.74) is 6.15. The zero-order valence-corrected chi connectivity index (χ0v) is 58.2. The van der Waals surface area contributed by atoms with Gasteiger partial charge in [0.05, 0.1) is 61.3 Å². The lowest BCUT2D eigenvalue weighted by Gasteiger charge is -2.38. The lowest BCUT2D eigenvalue weighted by atomic mass is 9.95. The van der Waals surface area contributed by atoms with Crippen LogP contribution in [0.4, 0.5) is 39.3 Å². The Kier molecular flexibility index (Phi) is 20.8. The number of aliphatic imine (C=N–C) groups is 2. The number of piperazine rings is 2. The number of esters is 2. The number of carboxylic acid groups (broad SMARTS) is 1. The number of carbonyl (C=O) groups excluding carboxylic acids is 5. The van der Waals surface area contributed by atoms with E-state index in [4.69, 9.17) is 47.6 Å². The van der Waals surface area contributed by atoms with Crippen LogP contribution in [-0.4, -0.2) is 192 Å². The number of amidine groups is 2. The minimum Gasteiger partial charge on any atom is -0.481 e. The molecule has 7 aliphatic rings. The van der Waals surface area contributed by atoms with Crippen LogP contribution in [0.1, 0.15) is 65.0 Å². The van der Waals surface area contributed by atoms with E-state index in [0.717, 1.165) is 16.8 Å². The van der Waals surface area contributed by atoms with Crippen LogP contribution in [0.15, 0.2) is 140 Å². The zero-order chi connectivity index (χ0) is 70.0. The van der Waals surface area contributed by atoms with Crippen LogP contribution < -0.4 is 25.3 Å².